The van der Waals surface area contributed by atoms with E-state index in [1.807, 2.05) is 11.4 Å². The summed E-state index contributed by atoms with van der Waals surface area (Å²) < 4.78 is 0. The Hall–Kier alpha value is -0.910. The minimum Gasteiger partial charge on any atom is -0.348 e. The van der Waals surface area contributed by atoms with Crippen LogP contribution in [0.5, 0.6) is 0 Å². The topological polar surface area (TPSA) is 54.9 Å². The van der Waals surface area contributed by atoms with E-state index < -0.39 is 4.84 Å². The highest BCUT2D eigenvalue weighted by Gasteiger charge is 2.13. The van der Waals surface area contributed by atoms with Crippen LogP contribution in [-0.4, -0.2) is 27.3 Å². The molecule has 1 N–H and O–H groups in total. The maximum atomic E-state index is 11.7. The monoisotopic (exact) mass is 275 g/mol. The Kier molecular flexibility index (Phi) is 3.58. The highest BCUT2D eigenvalue weighted by Crippen LogP contribution is 2.20. The molecular weight excluding hydrogens is 269 g/mol. The van der Waals surface area contributed by atoms with E-state index in [-0.39, 0.29) is 12.5 Å². The molecule has 0 aromatic carbocycles. The number of thiophene rings is 1. The first-order valence-electron chi connectivity index (χ1n) is 4.43. The van der Waals surface area contributed by atoms with Crippen LogP contribution < -0.4 is 5.32 Å². The summed E-state index contributed by atoms with van der Waals surface area (Å²) in [6.07, 6.45) is 1.37. The van der Waals surface area contributed by atoms with Crippen molar-refractivity contribution in [3.63, 3.8) is 0 Å². The molecule has 0 saturated carbocycles. The van der Waals surface area contributed by atoms with Gasteiger partial charge in [-0.3, -0.25) is 4.79 Å². The zero-order valence-corrected chi connectivity index (χ0v) is 10.3. The Labute approximate surface area is 106 Å². The number of nitrogens with zero attached hydrogens (tertiary/aromatic N) is 2. The minimum absolute atomic E-state index is 0.192. The molecule has 16 heavy (non-hydrogen) atoms. The van der Waals surface area contributed by atoms with Crippen molar-refractivity contribution in [2.45, 2.75) is 4.84 Å². The molecule has 0 unspecified atom stereocenters. The zero-order valence-electron chi connectivity index (χ0n) is 7.98. The first-order chi connectivity index (χ1) is 7.68. The number of hydrogen-bond donors (Lipinski definition) is 1. The predicted octanol–water partition coefficient (Wildman–Crippen LogP) is 2.22. The van der Waals surface area contributed by atoms with Gasteiger partial charge in [0.1, 0.15) is 21.7 Å². The Morgan fingerprint density at radius 2 is 2.31 bits per heavy atom. The molecular formula is C9H7Cl2N3OS. The highest BCUT2D eigenvalue weighted by molar-refractivity contribution is 7.16. The third-order valence-corrected chi connectivity index (χ3v) is 3.02. The molecule has 2 rings (SSSR count). The van der Waals surface area contributed by atoms with Gasteiger partial charge in [0.05, 0.1) is 0 Å². The number of nitrogens with one attached hydrogen (secondary N) is 1. The number of rotatable bonds is 3. The minimum atomic E-state index is -0.622. The van der Waals surface area contributed by atoms with Crippen molar-refractivity contribution in [3.05, 3.63) is 23.5 Å². The fourth-order valence-corrected chi connectivity index (χ4v) is 2.11. The predicted molar refractivity (Wildman–Crippen MR) is 65.2 cm³/mol. The molecule has 0 spiro atoms. The van der Waals surface area contributed by atoms with Crippen LogP contribution in [0.3, 0.4) is 0 Å². The number of aromatic nitrogens is 2. The second-order valence-corrected chi connectivity index (χ2v) is 5.13. The summed E-state index contributed by atoms with van der Waals surface area (Å²) in [5.74, 6) is -0.294. The zero-order chi connectivity index (χ0) is 11.5. The number of alkyl halides is 2. The van der Waals surface area contributed by atoms with Gasteiger partial charge in [-0.1, -0.05) is 0 Å². The van der Waals surface area contributed by atoms with E-state index in [0.717, 1.165) is 10.2 Å². The van der Waals surface area contributed by atoms with Crippen molar-refractivity contribution in [1.29, 1.82) is 0 Å². The van der Waals surface area contributed by atoms with Crippen molar-refractivity contribution in [3.8, 4) is 0 Å². The normalized spacial score (nSPS) is 10.9. The lowest BCUT2D eigenvalue weighted by Gasteiger charge is -2.05. The third-order valence-electron chi connectivity index (χ3n) is 1.89. The lowest BCUT2D eigenvalue weighted by molar-refractivity contribution is 0.0952. The second-order valence-electron chi connectivity index (χ2n) is 2.96. The molecule has 84 valence electrons. The summed E-state index contributed by atoms with van der Waals surface area (Å²) in [5.41, 5.74) is 0.347. The number of hydrogen-bond acceptors (Lipinski definition) is 4. The van der Waals surface area contributed by atoms with Gasteiger partial charge in [0.2, 0.25) is 0 Å². The van der Waals surface area contributed by atoms with Gasteiger partial charge in [-0.2, -0.15) is 0 Å². The maximum absolute atomic E-state index is 11.7. The molecule has 0 fully saturated rings. The van der Waals surface area contributed by atoms with Crippen LogP contribution in [0.1, 0.15) is 10.5 Å². The van der Waals surface area contributed by atoms with Crippen LogP contribution in [-0.2, 0) is 0 Å². The number of fused-ring (bicyclic) bond motifs is 1. The van der Waals surface area contributed by atoms with E-state index >= 15 is 0 Å². The summed E-state index contributed by atoms with van der Waals surface area (Å²) in [4.78, 5) is 19.9. The van der Waals surface area contributed by atoms with Gasteiger partial charge >= 0.3 is 0 Å². The molecule has 2 aromatic heterocycles. The molecule has 2 heterocycles. The van der Waals surface area contributed by atoms with Gasteiger partial charge in [-0.15, -0.1) is 34.5 Å². The van der Waals surface area contributed by atoms with E-state index in [9.17, 15) is 4.79 Å². The molecule has 0 radical (unpaired) electrons. The maximum Gasteiger partial charge on any atom is 0.270 e. The van der Waals surface area contributed by atoms with Crippen molar-refractivity contribution < 1.29 is 4.79 Å². The quantitative estimate of drug-likeness (QED) is 0.874. The number of halogens is 2. The van der Waals surface area contributed by atoms with E-state index in [1.165, 1.54) is 17.7 Å². The fourth-order valence-electron chi connectivity index (χ4n) is 1.22. The molecule has 7 heteroatoms. The SMILES string of the molecule is O=C(NCC(Cl)Cl)c1ncnc2sccc12. The third kappa shape index (κ3) is 2.42. The fraction of sp³-hybridized carbons (Fsp3) is 0.222. The molecule has 0 bridgehead atoms. The van der Waals surface area contributed by atoms with Crippen LogP contribution >= 0.6 is 34.5 Å². The van der Waals surface area contributed by atoms with E-state index in [0.29, 0.717) is 5.69 Å². The molecule has 0 saturated heterocycles. The molecule has 2 aromatic rings. The van der Waals surface area contributed by atoms with Gasteiger partial charge in [0, 0.05) is 11.9 Å². The summed E-state index contributed by atoms with van der Waals surface area (Å²) in [7, 11) is 0. The van der Waals surface area contributed by atoms with Gasteiger partial charge in [0.15, 0.2) is 0 Å². The van der Waals surface area contributed by atoms with E-state index in [4.69, 9.17) is 23.2 Å². The molecule has 0 aliphatic heterocycles. The Morgan fingerprint density at radius 3 is 3.06 bits per heavy atom. The van der Waals surface area contributed by atoms with Gasteiger partial charge in [-0.25, -0.2) is 9.97 Å². The largest absolute Gasteiger partial charge is 0.348 e. The van der Waals surface area contributed by atoms with Crippen LogP contribution in [0.25, 0.3) is 10.2 Å². The van der Waals surface area contributed by atoms with Crippen molar-refractivity contribution in [1.82, 2.24) is 15.3 Å². The van der Waals surface area contributed by atoms with E-state index in [1.54, 1.807) is 0 Å². The van der Waals surface area contributed by atoms with Crippen LogP contribution in [0.4, 0.5) is 0 Å². The molecule has 0 atom stereocenters. The molecule has 0 aliphatic carbocycles. The average Bonchev–Trinajstić information content (AvgIpc) is 2.73. The van der Waals surface area contributed by atoms with Crippen LogP contribution in [0.2, 0.25) is 0 Å². The summed E-state index contributed by atoms with van der Waals surface area (Å²) in [6.45, 7) is 0.192. The first-order valence-corrected chi connectivity index (χ1v) is 6.18. The lowest BCUT2D eigenvalue weighted by atomic mass is 10.3. The molecule has 4 nitrogen and oxygen atoms in total. The second kappa shape index (κ2) is 4.95. The number of amides is 1. The van der Waals surface area contributed by atoms with Crippen molar-refractivity contribution >= 4 is 50.7 Å². The van der Waals surface area contributed by atoms with Gasteiger partial charge in [-0.05, 0) is 11.4 Å². The first kappa shape index (κ1) is 11.6. The standard InChI is InChI=1S/C9H7Cl2N3OS/c10-6(11)3-12-8(15)7-5-1-2-16-9(5)14-4-13-7/h1-2,4,6H,3H2,(H,12,15). The Balaban J connectivity index is 2.25. The van der Waals surface area contributed by atoms with Gasteiger partial charge in [0.25, 0.3) is 5.91 Å². The molecule has 0 aliphatic rings. The smallest absolute Gasteiger partial charge is 0.270 e. The van der Waals surface area contributed by atoms with E-state index in [2.05, 4.69) is 15.3 Å². The number of carbonyl (C=O) groups excluding carboxylic acids is 1. The van der Waals surface area contributed by atoms with Crippen molar-refractivity contribution in [2.24, 2.45) is 0 Å². The summed E-state index contributed by atoms with van der Waals surface area (Å²) >= 11 is 12.5. The van der Waals surface area contributed by atoms with Gasteiger partial charge < -0.3 is 5.32 Å². The number of carbonyl (C=O) groups is 1. The van der Waals surface area contributed by atoms with Crippen molar-refractivity contribution in [2.75, 3.05) is 6.54 Å². The summed E-state index contributed by atoms with van der Waals surface area (Å²) in [5, 5.41) is 5.20. The highest BCUT2D eigenvalue weighted by atomic mass is 35.5. The summed E-state index contributed by atoms with van der Waals surface area (Å²) in [6, 6.07) is 1.81. The van der Waals surface area contributed by atoms with Crippen LogP contribution in [0.15, 0.2) is 17.8 Å². The lowest BCUT2D eigenvalue weighted by Crippen LogP contribution is -2.28. The Morgan fingerprint density at radius 1 is 1.50 bits per heavy atom. The Bertz CT molecular complexity index is 514. The average molecular weight is 276 g/mol. The van der Waals surface area contributed by atoms with Crippen LogP contribution in [0, 0.1) is 0 Å². The molecule has 1 amide bonds.